The maximum Gasteiger partial charge on any atom is 0.124 e. The Kier molecular flexibility index (Phi) is 4.13. The van der Waals surface area contributed by atoms with Gasteiger partial charge in [-0.1, -0.05) is 23.2 Å². The average Bonchev–Trinajstić information content (AvgIpc) is 2.50. The van der Waals surface area contributed by atoms with Gasteiger partial charge in [0.05, 0.1) is 17.4 Å². The minimum Gasteiger partial charge on any atom is -0.507 e. The Labute approximate surface area is 137 Å². The number of nitrogens with zero attached hydrogens (tertiary/aromatic N) is 2. The number of phenols is 1. The molecule has 0 saturated carbocycles. The van der Waals surface area contributed by atoms with Crippen LogP contribution in [0, 0.1) is 0 Å². The summed E-state index contributed by atoms with van der Waals surface area (Å²) >= 11 is 11.8. The topological polar surface area (TPSA) is 57.5 Å². The molecule has 0 saturated heterocycles. The zero-order valence-corrected chi connectivity index (χ0v) is 12.8. The predicted octanol–water partition coefficient (Wildman–Crippen LogP) is 4.69. The molecule has 0 aliphatic carbocycles. The summed E-state index contributed by atoms with van der Waals surface area (Å²) in [7, 11) is 0. The van der Waals surface area contributed by atoms with Crippen molar-refractivity contribution in [2.45, 2.75) is 0 Å². The zero-order valence-electron chi connectivity index (χ0n) is 11.3. The van der Waals surface area contributed by atoms with Gasteiger partial charge in [0.2, 0.25) is 0 Å². The van der Waals surface area contributed by atoms with E-state index in [0.29, 0.717) is 15.6 Å². The molecule has 0 fully saturated rings. The lowest BCUT2D eigenvalue weighted by atomic mass is 10.2. The lowest BCUT2D eigenvalue weighted by Gasteiger charge is -2.05. The number of fused-ring (bicyclic) bond motifs is 1. The highest BCUT2D eigenvalue weighted by atomic mass is 35.5. The highest BCUT2D eigenvalue weighted by Crippen LogP contribution is 2.24. The van der Waals surface area contributed by atoms with E-state index in [1.165, 1.54) is 12.3 Å². The third-order valence-electron chi connectivity index (χ3n) is 3.08. The minimum atomic E-state index is 0.112. The van der Waals surface area contributed by atoms with Crippen molar-refractivity contribution in [3.63, 3.8) is 0 Å². The van der Waals surface area contributed by atoms with Crippen LogP contribution in [0.4, 0.5) is 5.69 Å². The quantitative estimate of drug-likeness (QED) is 0.540. The largest absolute Gasteiger partial charge is 0.507 e. The number of hydrogen-bond donors (Lipinski definition) is 2. The van der Waals surface area contributed by atoms with E-state index in [0.717, 1.165) is 16.6 Å². The predicted molar refractivity (Wildman–Crippen MR) is 91.1 cm³/mol. The van der Waals surface area contributed by atoms with Gasteiger partial charge in [0.1, 0.15) is 5.75 Å². The van der Waals surface area contributed by atoms with Gasteiger partial charge in [0.15, 0.2) is 0 Å². The Balaban J connectivity index is 1.88. The monoisotopic (exact) mass is 331 g/mol. The fourth-order valence-corrected chi connectivity index (χ4v) is 2.37. The summed E-state index contributed by atoms with van der Waals surface area (Å²) in [6, 6.07) is 12.0. The lowest BCUT2D eigenvalue weighted by Crippen LogP contribution is -1.93. The number of rotatable bonds is 3. The number of anilines is 1. The van der Waals surface area contributed by atoms with E-state index in [-0.39, 0.29) is 5.75 Å². The van der Waals surface area contributed by atoms with Crippen molar-refractivity contribution in [1.82, 2.24) is 4.98 Å². The van der Waals surface area contributed by atoms with E-state index in [1.54, 1.807) is 30.5 Å². The fourth-order valence-electron chi connectivity index (χ4n) is 2.02. The molecule has 0 unspecified atom stereocenters. The molecule has 1 aromatic heterocycles. The summed E-state index contributed by atoms with van der Waals surface area (Å²) in [6.07, 6.45) is 3.18. The first-order chi connectivity index (χ1) is 10.6. The van der Waals surface area contributed by atoms with Gasteiger partial charge in [-0.15, -0.1) is 0 Å². The summed E-state index contributed by atoms with van der Waals surface area (Å²) in [5.41, 5.74) is 5.03. The molecule has 110 valence electrons. The normalized spacial score (nSPS) is 11.2. The van der Waals surface area contributed by atoms with Gasteiger partial charge in [0, 0.05) is 27.2 Å². The number of benzene rings is 2. The number of halogens is 2. The number of aromatic nitrogens is 1. The first-order valence-corrected chi connectivity index (χ1v) is 7.21. The van der Waals surface area contributed by atoms with Crippen LogP contribution >= 0.6 is 23.2 Å². The maximum absolute atomic E-state index is 9.73. The highest BCUT2D eigenvalue weighted by molar-refractivity contribution is 6.31. The van der Waals surface area contributed by atoms with E-state index in [1.807, 2.05) is 12.1 Å². The van der Waals surface area contributed by atoms with E-state index in [4.69, 9.17) is 23.2 Å². The second kappa shape index (κ2) is 6.22. The first kappa shape index (κ1) is 14.6. The van der Waals surface area contributed by atoms with Gasteiger partial charge in [0.25, 0.3) is 0 Å². The summed E-state index contributed by atoms with van der Waals surface area (Å²) in [5.74, 6) is 0.112. The molecule has 22 heavy (non-hydrogen) atoms. The van der Waals surface area contributed by atoms with Crippen molar-refractivity contribution in [1.29, 1.82) is 0 Å². The Bertz CT molecular complexity index is 865. The summed E-state index contributed by atoms with van der Waals surface area (Å²) in [4.78, 5) is 4.26. The smallest absolute Gasteiger partial charge is 0.124 e. The highest BCUT2D eigenvalue weighted by Gasteiger charge is 2.02. The molecule has 0 spiro atoms. The Morgan fingerprint density at radius 2 is 1.82 bits per heavy atom. The number of pyridine rings is 1. The van der Waals surface area contributed by atoms with E-state index >= 15 is 0 Å². The Hall–Kier alpha value is -2.30. The number of aromatic hydroxyl groups is 1. The molecule has 3 aromatic rings. The first-order valence-electron chi connectivity index (χ1n) is 6.45. The van der Waals surface area contributed by atoms with Gasteiger partial charge in [-0.05, 0) is 42.5 Å². The van der Waals surface area contributed by atoms with Gasteiger partial charge in [-0.25, -0.2) is 0 Å². The molecule has 2 N–H and O–H groups in total. The van der Waals surface area contributed by atoms with E-state index in [9.17, 15) is 5.11 Å². The molecular formula is C16H11Cl2N3O. The van der Waals surface area contributed by atoms with Crippen molar-refractivity contribution in [2.75, 3.05) is 5.43 Å². The van der Waals surface area contributed by atoms with Crippen LogP contribution in [0.25, 0.3) is 10.9 Å². The van der Waals surface area contributed by atoms with Crippen LogP contribution in [-0.4, -0.2) is 16.3 Å². The molecule has 0 bridgehead atoms. The number of nitrogens with one attached hydrogen (secondary N) is 1. The van der Waals surface area contributed by atoms with Gasteiger partial charge in [-0.2, -0.15) is 5.10 Å². The standard InChI is InChI=1S/C16H11Cl2N3O/c17-11-2-4-16(22)10(7-11)9-20-21-14-5-6-19-15-8-12(18)1-3-13(14)15/h1-9,22H,(H,19,21). The van der Waals surface area contributed by atoms with Crippen molar-refractivity contribution in [3.05, 3.63) is 64.3 Å². The zero-order chi connectivity index (χ0) is 15.5. The minimum absolute atomic E-state index is 0.112. The molecule has 1 heterocycles. The Morgan fingerprint density at radius 3 is 2.68 bits per heavy atom. The number of hydrazone groups is 1. The number of phenolic OH excluding ortho intramolecular Hbond substituents is 1. The fraction of sp³-hybridized carbons (Fsp3) is 0. The second-order valence-corrected chi connectivity index (χ2v) is 5.47. The Morgan fingerprint density at radius 1 is 1.05 bits per heavy atom. The van der Waals surface area contributed by atoms with Crippen molar-refractivity contribution in [3.8, 4) is 5.75 Å². The van der Waals surface area contributed by atoms with Crippen molar-refractivity contribution >= 4 is 46.0 Å². The van der Waals surface area contributed by atoms with Crippen molar-refractivity contribution in [2.24, 2.45) is 5.10 Å². The molecule has 2 aromatic carbocycles. The summed E-state index contributed by atoms with van der Waals surface area (Å²) < 4.78 is 0. The van der Waals surface area contributed by atoms with Crippen LogP contribution in [0.3, 0.4) is 0 Å². The molecule has 4 nitrogen and oxygen atoms in total. The van der Waals surface area contributed by atoms with Crippen LogP contribution in [0.5, 0.6) is 5.75 Å². The third-order valence-corrected chi connectivity index (χ3v) is 3.55. The SMILES string of the molecule is Oc1ccc(Cl)cc1C=NNc1ccnc2cc(Cl)ccc12. The van der Waals surface area contributed by atoms with Crippen LogP contribution < -0.4 is 5.43 Å². The molecule has 0 atom stereocenters. The number of hydrogen-bond acceptors (Lipinski definition) is 4. The molecule has 0 aliphatic heterocycles. The molecule has 0 amide bonds. The van der Waals surface area contributed by atoms with Gasteiger partial charge < -0.3 is 5.11 Å². The molecule has 3 rings (SSSR count). The second-order valence-electron chi connectivity index (χ2n) is 4.59. The van der Waals surface area contributed by atoms with E-state index < -0.39 is 0 Å². The van der Waals surface area contributed by atoms with Crippen molar-refractivity contribution < 1.29 is 5.11 Å². The molecule has 0 radical (unpaired) electrons. The lowest BCUT2D eigenvalue weighted by molar-refractivity contribution is 0.474. The van der Waals surface area contributed by atoms with E-state index in [2.05, 4.69) is 15.5 Å². The van der Waals surface area contributed by atoms with Crippen LogP contribution in [0.1, 0.15) is 5.56 Å². The molecule has 6 heteroatoms. The third kappa shape index (κ3) is 3.13. The van der Waals surface area contributed by atoms with Gasteiger partial charge in [-0.3, -0.25) is 10.4 Å². The van der Waals surface area contributed by atoms with Gasteiger partial charge >= 0.3 is 0 Å². The summed E-state index contributed by atoms with van der Waals surface area (Å²) in [5, 5.41) is 15.9. The maximum atomic E-state index is 9.73. The molecular weight excluding hydrogens is 321 g/mol. The average molecular weight is 332 g/mol. The van der Waals surface area contributed by atoms with Crippen LogP contribution in [0.2, 0.25) is 10.0 Å². The summed E-state index contributed by atoms with van der Waals surface area (Å²) in [6.45, 7) is 0. The van der Waals surface area contributed by atoms with Crippen LogP contribution in [-0.2, 0) is 0 Å². The molecule has 0 aliphatic rings. The van der Waals surface area contributed by atoms with Crippen LogP contribution in [0.15, 0.2) is 53.8 Å².